The molecule has 0 spiro atoms. The molecule has 4 nitrogen and oxygen atoms in total. The molecule has 0 saturated carbocycles. The van der Waals surface area contributed by atoms with Gasteiger partial charge in [0.1, 0.15) is 0 Å². The van der Waals surface area contributed by atoms with E-state index in [2.05, 4.69) is 13.8 Å². The lowest BCUT2D eigenvalue weighted by Crippen LogP contribution is -2.41. The first-order valence-corrected chi connectivity index (χ1v) is 6.88. The fourth-order valence-electron chi connectivity index (χ4n) is 2.24. The van der Waals surface area contributed by atoms with Crippen LogP contribution in [0.25, 0.3) is 0 Å². The molecule has 106 valence electrons. The normalized spacial score (nSPS) is 10.8. The Balaban J connectivity index is 2.91. The second-order valence-electron chi connectivity index (χ2n) is 4.59. The molecule has 1 aromatic carbocycles. The van der Waals surface area contributed by atoms with Gasteiger partial charge in [0.25, 0.3) is 5.91 Å². The van der Waals surface area contributed by atoms with Crippen LogP contribution in [-0.4, -0.2) is 35.1 Å². The van der Waals surface area contributed by atoms with Crippen molar-refractivity contribution in [3.63, 3.8) is 0 Å². The van der Waals surface area contributed by atoms with Gasteiger partial charge in [0.2, 0.25) is 0 Å². The summed E-state index contributed by atoms with van der Waals surface area (Å²) < 4.78 is 0. The Labute approximate surface area is 115 Å². The molecule has 0 bridgehead atoms. The SMILES string of the molecule is CCC(CC)N(CCO)C(=O)c1ccc(CN)cc1. The van der Waals surface area contributed by atoms with Gasteiger partial charge in [-0.15, -0.1) is 0 Å². The maximum atomic E-state index is 12.5. The van der Waals surface area contributed by atoms with Gasteiger partial charge in [-0.3, -0.25) is 4.79 Å². The molecule has 0 heterocycles. The number of amides is 1. The average Bonchev–Trinajstić information content (AvgIpc) is 2.47. The molecule has 0 saturated heterocycles. The minimum Gasteiger partial charge on any atom is -0.395 e. The summed E-state index contributed by atoms with van der Waals surface area (Å²) >= 11 is 0. The van der Waals surface area contributed by atoms with E-state index in [1.807, 2.05) is 12.1 Å². The highest BCUT2D eigenvalue weighted by molar-refractivity contribution is 5.94. The van der Waals surface area contributed by atoms with Crippen molar-refractivity contribution < 1.29 is 9.90 Å². The number of hydrogen-bond acceptors (Lipinski definition) is 3. The van der Waals surface area contributed by atoms with E-state index >= 15 is 0 Å². The van der Waals surface area contributed by atoms with E-state index in [1.165, 1.54) is 0 Å². The van der Waals surface area contributed by atoms with Crippen molar-refractivity contribution in [1.29, 1.82) is 0 Å². The zero-order chi connectivity index (χ0) is 14.3. The maximum Gasteiger partial charge on any atom is 0.254 e. The molecule has 0 aromatic heterocycles. The summed E-state index contributed by atoms with van der Waals surface area (Å²) in [6, 6.07) is 7.53. The van der Waals surface area contributed by atoms with Gasteiger partial charge in [-0.2, -0.15) is 0 Å². The molecule has 19 heavy (non-hydrogen) atoms. The van der Waals surface area contributed by atoms with Gasteiger partial charge >= 0.3 is 0 Å². The molecule has 0 unspecified atom stereocenters. The Bertz CT molecular complexity index is 386. The Kier molecular flexibility index (Phi) is 6.53. The van der Waals surface area contributed by atoms with E-state index in [1.54, 1.807) is 17.0 Å². The summed E-state index contributed by atoms with van der Waals surface area (Å²) in [7, 11) is 0. The highest BCUT2D eigenvalue weighted by Gasteiger charge is 2.21. The van der Waals surface area contributed by atoms with Crippen LogP contribution in [0.4, 0.5) is 0 Å². The van der Waals surface area contributed by atoms with Crippen molar-refractivity contribution in [1.82, 2.24) is 4.90 Å². The number of carbonyl (C=O) groups excluding carboxylic acids is 1. The molecular formula is C15H24N2O2. The lowest BCUT2D eigenvalue weighted by atomic mass is 10.1. The number of nitrogens with zero attached hydrogens (tertiary/aromatic N) is 1. The molecular weight excluding hydrogens is 240 g/mol. The predicted octanol–water partition coefficient (Wildman–Crippen LogP) is 1.77. The van der Waals surface area contributed by atoms with Gasteiger partial charge in [0.15, 0.2) is 0 Å². The van der Waals surface area contributed by atoms with Crippen LogP contribution in [0.5, 0.6) is 0 Å². The topological polar surface area (TPSA) is 66.6 Å². The van der Waals surface area contributed by atoms with E-state index in [0.717, 1.165) is 18.4 Å². The summed E-state index contributed by atoms with van der Waals surface area (Å²) in [5, 5.41) is 9.14. The smallest absolute Gasteiger partial charge is 0.254 e. The van der Waals surface area contributed by atoms with Crippen LogP contribution < -0.4 is 5.73 Å². The Morgan fingerprint density at radius 1 is 1.26 bits per heavy atom. The van der Waals surface area contributed by atoms with E-state index in [-0.39, 0.29) is 18.6 Å². The number of aliphatic hydroxyl groups excluding tert-OH is 1. The van der Waals surface area contributed by atoms with Crippen LogP contribution in [0, 0.1) is 0 Å². The Morgan fingerprint density at radius 3 is 2.26 bits per heavy atom. The third kappa shape index (κ3) is 4.04. The highest BCUT2D eigenvalue weighted by atomic mass is 16.3. The lowest BCUT2D eigenvalue weighted by Gasteiger charge is -2.30. The minimum atomic E-state index is -0.0219. The first-order chi connectivity index (χ1) is 9.17. The third-order valence-corrected chi connectivity index (χ3v) is 3.42. The summed E-state index contributed by atoms with van der Waals surface area (Å²) in [6.45, 7) is 4.96. The molecule has 1 rings (SSSR count). The second kappa shape index (κ2) is 7.92. The molecule has 0 aliphatic rings. The zero-order valence-corrected chi connectivity index (χ0v) is 11.8. The van der Waals surface area contributed by atoms with Gasteiger partial charge in [-0.1, -0.05) is 26.0 Å². The second-order valence-corrected chi connectivity index (χ2v) is 4.59. The largest absolute Gasteiger partial charge is 0.395 e. The molecule has 0 radical (unpaired) electrons. The fourth-order valence-corrected chi connectivity index (χ4v) is 2.24. The standard InChI is InChI=1S/C15H24N2O2/c1-3-14(4-2)17(9-10-18)15(19)13-7-5-12(11-16)6-8-13/h5-8,14,18H,3-4,9-11,16H2,1-2H3. The van der Waals surface area contributed by atoms with Crippen LogP contribution in [0.2, 0.25) is 0 Å². The first kappa shape index (κ1) is 15.7. The van der Waals surface area contributed by atoms with Crippen LogP contribution in [-0.2, 0) is 6.54 Å². The third-order valence-electron chi connectivity index (χ3n) is 3.42. The predicted molar refractivity (Wildman–Crippen MR) is 76.8 cm³/mol. The van der Waals surface area contributed by atoms with Crippen LogP contribution in [0.3, 0.4) is 0 Å². The van der Waals surface area contributed by atoms with Gasteiger partial charge in [-0.25, -0.2) is 0 Å². The van der Waals surface area contributed by atoms with Crippen LogP contribution in [0.15, 0.2) is 24.3 Å². The minimum absolute atomic E-state index is 0.0108. The summed E-state index contributed by atoms with van der Waals surface area (Å²) in [5.41, 5.74) is 7.20. The van der Waals surface area contributed by atoms with Gasteiger partial charge in [0, 0.05) is 24.7 Å². The zero-order valence-electron chi connectivity index (χ0n) is 11.8. The van der Waals surface area contributed by atoms with Gasteiger partial charge in [0.05, 0.1) is 6.61 Å². The maximum absolute atomic E-state index is 12.5. The first-order valence-electron chi connectivity index (χ1n) is 6.88. The Morgan fingerprint density at radius 2 is 1.84 bits per heavy atom. The van der Waals surface area contributed by atoms with E-state index in [4.69, 9.17) is 10.8 Å². The van der Waals surface area contributed by atoms with Crippen molar-refractivity contribution in [3.8, 4) is 0 Å². The lowest BCUT2D eigenvalue weighted by molar-refractivity contribution is 0.0622. The Hall–Kier alpha value is -1.39. The van der Waals surface area contributed by atoms with Crippen LogP contribution >= 0.6 is 0 Å². The van der Waals surface area contributed by atoms with Gasteiger partial charge in [-0.05, 0) is 30.5 Å². The fraction of sp³-hybridized carbons (Fsp3) is 0.533. The van der Waals surface area contributed by atoms with Crippen molar-refractivity contribution in [2.75, 3.05) is 13.2 Å². The monoisotopic (exact) mass is 264 g/mol. The number of hydrogen-bond donors (Lipinski definition) is 2. The number of aliphatic hydroxyl groups is 1. The quantitative estimate of drug-likeness (QED) is 0.788. The summed E-state index contributed by atoms with van der Waals surface area (Å²) in [4.78, 5) is 14.2. The molecule has 0 aliphatic heterocycles. The molecule has 0 fully saturated rings. The molecule has 1 aromatic rings. The number of nitrogens with two attached hydrogens (primary N) is 1. The number of benzene rings is 1. The van der Waals surface area contributed by atoms with Crippen molar-refractivity contribution in [3.05, 3.63) is 35.4 Å². The molecule has 0 atom stereocenters. The van der Waals surface area contributed by atoms with Crippen molar-refractivity contribution >= 4 is 5.91 Å². The van der Waals surface area contributed by atoms with E-state index < -0.39 is 0 Å². The van der Waals surface area contributed by atoms with Gasteiger partial charge < -0.3 is 15.7 Å². The molecule has 0 aliphatic carbocycles. The van der Waals surface area contributed by atoms with E-state index in [9.17, 15) is 4.79 Å². The highest BCUT2D eigenvalue weighted by Crippen LogP contribution is 2.14. The molecule has 4 heteroatoms. The van der Waals surface area contributed by atoms with Crippen molar-refractivity contribution in [2.45, 2.75) is 39.3 Å². The molecule has 1 amide bonds. The van der Waals surface area contributed by atoms with Crippen molar-refractivity contribution in [2.24, 2.45) is 5.73 Å². The summed E-state index contributed by atoms with van der Waals surface area (Å²) in [5.74, 6) is -0.0219. The van der Waals surface area contributed by atoms with E-state index in [0.29, 0.717) is 18.7 Å². The number of carbonyl (C=O) groups is 1. The van der Waals surface area contributed by atoms with Crippen LogP contribution in [0.1, 0.15) is 42.6 Å². The summed E-state index contributed by atoms with van der Waals surface area (Å²) in [6.07, 6.45) is 1.78. The molecule has 3 N–H and O–H groups in total. The number of rotatable bonds is 7. The average molecular weight is 264 g/mol.